The van der Waals surface area contributed by atoms with Crippen LogP contribution in [0.3, 0.4) is 0 Å². The Morgan fingerprint density at radius 2 is 1.48 bits per heavy atom. The highest BCUT2D eigenvalue weighted by Crippen LogP contribution is 2.35. The van der Waals surface area contributed by atoms with Crippen molar-refractivity contribution in [2.45, 2.75) is 0 Å². The van der Waals surface area contributed by atoms with Gasteiger partial charge >= 0.3 is 0 Å². The third-order valence-corrected chi connectivity index (χ3v) is 3.95. The van der Waals surface area contributed by atoms with Gasteiger partial charge in [-0.2, -0.15) is 0 Å². The third-order valence-electron chi connectivity index (χ3n) is 3.08. The molecule has 0 atom stereocenters. The molecule has 2 amide bonds. The van der Waals surface area contributed by atoms with Crippen LogP contribution in [0.2, 0.25) is 5.02 Å². The number of carbonyl (C=O) groups is 2. The zero-order valence-corrected chi connectivity index (χ0v) is 12.5. The van der Waals surface area contributed by atoms with E-state index in [1.165, 1.54) is 18.2 Å². The number of anilines is 1. The molecule has 3 rings (SSSR count). The molecule has 0 fully saturated rings. The van der Waals surface area contributed by atoms with Gasteiger partial charge in [0.05, 0.1) is 16.8 Å². The van der Waals surface area contributed by atoms with Crippen molar-refractivity contribution in [3.63, 3.8) is 0 Å². The van der Waals surface area contributed by atoms with Gasteiger partial charge < -0.3 is 0 Å². The van der Waals surface area contributed by atoms with Crippen molar-refractivity contribution in [1.82, 2.24) is 0 Å². The lowest BCUT2D eigenvalue weighted by atomic mass is 10.1. The topological polar surface area (TPSA) is 37.4 Å². The Morgan fingerprint density at radius 3 is 1.95 bits per heavy atom. The van der Waals surface area contributed by atoms with Gasteiger partial charge in [-0.25, -0.2) is 13.7 Å². The number of hydrogen-bond donors (Lipinski definition) is 0. The maximum absolute atomic E-state index is 13.3. The van der Waals surface area contributed by atoms with E-state index in [2.05, 4.69) is 15.9 Å². The van der Waals surface area contributed by atoms with Crippen LogP contribution < -0.4 is 4.90 Å². The van der Waals surface area contributed by atoms with E-state index in [1.54, 1.807) is 0 Å². The zero-order chi connectivity index (χ0) is 15.3. The van der Waals surface area contributed by atoms with Crippen molar-refractivity contribution in [2.24, 2.45) is 0 Å². The van der Waals surface area contributed by atoms with Crippen LogP contribution in [-0.4, -0.2) is 11.8 Å². The normalized spacial score (nSPS) is 13.8. The van der Waals surface area contributed by atoms with Crippen LogP contribution in [0.4, 0.5) is 14.5 Å². The predicted molar refractivity (Wildman–Crippen MR) is 76.7 cm³/mol. The highest BCUT2D eigenvalue weighted by Gasteiger charge is 2.38. The molecule has 0 saturated carbocycles. The number of rotatable bonds is 1. The molecule has 0 saturated heterocycles. The second kappa shape index (κ2) is 4.89. The van der Waals surface area contributed by atoms with E-state index < -0.39 is 23.4 Å². The fourth-order valence-electron chi connectivity index (χ4n) is 2.12. The molecular formula is C14H5BrClF2NO2. The largest absolute Gasteiger partial charge is 0.268 e. The first kappa shape index (κ1) is 14.2. The first-order valence-electron chi connectivity index (χ1n) is 5.73. The van der Waals surface area contributed by atoms with Crippen molar-refractivity contribution in [2.75, 3.05) is 4.90 Å². The Hall–Kier alpha value is -1.79. The summed E-state index contributed by atoms with van der Waals surface area (Å²) in [6.45, 7) is 0. The van der Waals surface area contributed by atoms with Gasteiger partial charge in [0.25, 0.3) is 11.8 Å². The van der Waals surface area contributed by atoms with E-state index in [4.69, 9.17) is 11.6 Å². The SMILES string of the molecule is O=C1c2cc(F)c(F)cc2C(=O)N1c1ccc(Cl)cc1Br. The number of carbonyl (C=O) groups excluding carboxylic acids is 2. The van der Waals surface area contributed by atoms with Gasteiger partial charge in [-0.1, -0.05) is 11.6 Å². The van der Waals surface area contributed by atoms with Gasteiger partial charge in [-0.15, -0.1) is 0 Å². The minimum atomic E-state index is -1.17. The number of hydrogen-bond acceptors (Lipinski definition) is 2. The van der Waals surface area contributed by atoms with Crippen LogP contribution in [0.25, 0.3) is 0 Å². The van der Waals surface area contributed by atoms with Gasteiger partial charge in [0.2, 0.25) is 0 Å². The summed E-state index contributed by atoms with van der Waals surface area (Å²) in [6, 6.07) is 5.96. The fraction of sp³-hybridized carbons (Fsp3) is 0. The minimum Gasteiger partial charge on any atom is -0.268 e. The average molecular weight is 373 g/mol. The van der Waals surface area contributed by atoms with Gasteiger partial charge in [-0.05, 0) is 46.3 Å². The molecule has 0 unspecified atom stereocenters. The molecule has 0 spiro atoms. The van der Waals surface area contributed by atoms with Crippen molar-refractivity contribution in [3.05, 3.63) is 62.6 Å². The standard InChI is InChI=1S/C14H5BrClF2NO2/c15-9-3-6(16)1-2-12(9)19-13(20)7-4-10(17)11(18)5-8(7)14(19)21/h1-5H. The summed E-state index contributed by atoms with van der Waals surface area (Å²) in [5, 5.41) is 0.416. The molecule has 1 heterocycles. The third kappa shape index (κ3) is 2.15. The Balaban J connectivity index is 2.16. The maximum atomic E-state index is 13.3. The Bertz CT molecular complexity index is 769. The lowest BCUT2D eigenvalue weighted by molar-refractivity contribution is 0.0926. The molecule has 0 N–H and O–H groups in total. The van der Waals surface area contributed by atoms with E-state index in [0.29, 0.717) is 9.50 Å². The minimum absolute atomic E-state index is 0.166. The van der Waals surface area contributed by atoms with E-state index >= 15 is 0 Å². The lowest BCUT2D eigenvalue weighted by Crippen LogP contribution is -2.29. The van der Waals surface area contributed by atoms with Crippen LogP contribution in [0.15, 0.2) is 34.8 Å². The molecule has 0 radical (unpaired) electrons. The predicted octanol–water partition coefficient (Wildman–Crippen LogP) is 4.18. The monoisotopic (exact) mass is 371 g/mol. The van der Waals surface area contributed by atoms with Crippen LogP contribution in [0, 0.1) is 11.6 Å². The number of nitrogens with zero attached hydrogens (tertiary/aromatic N) is 1. The van der Waals surface area contributed by atoms with Gasteiger partial charge in [0.1, 0.15) is 0 Å². The van der Waals surface area contributed by atoms with Gasteiger partial charge in [0.15, 0.2) is 11.6 Å². The Labute approximate surface area is 131 Å². The Kier molecular flexibility index (Phi) is 3.30. The quantitative estimate of drug-likeness (QED) is 0.704. The number of imide groups is 1. The summed E-state index contributed by atoms with van der Waals surface area (Å²) in [5.41, 5.74) is -0.0760. The summed E-state index contributed by atoms with van der Waals surface area (Å²) < 4.78 is 26.9. The molecule has 106 valence electrons. The molecule has 0 bridgehead atoms. The van der Waals surface area contributed by atoms with E-state index in [-0.39, 0.29) is 16.8 Å². The lowest BCUT2D eigenvalue weighted by Gasteiger charge is -2.15. The second-order valence-corrected chi connectivity index (χ2v) is 5.64. The van der Waals surface area contributed by atoms with E-state index in [1.807, 2.05) is 0 Å². The first-order chi connectivity index (χ1) is 9.90. The molecule has 2 aromatic rings. The van der Waals surface area contributed by atoms with E-state index in [0.717, 1.165) is 17.0 Å². The number of fused-ring (bicyclic) bond motifs is 1. The average Bonchev–Trinajstić information content (AvgIpc) is 2.64. The highest BCUT2D eigenvalue weighted by molar-refractivity contribution is 9.10. The molecule has 0 aliphatic carbocycles. The smallest absolute Gasteiger partial charge is 0.266 e. The first-order valence-corrected chi connectivity index (χ1v) is 6.90. The molecular weight excluding hydrogens is 368 g/mol. The van der Waals surface area contributed by atoms with Gasteiger partial charge in [0, 0.05) is 9.50 Å². The van der Waals surface area contributed by atoms with Crippen LogP contribution in [0.5, 0.6) is 0 Å². The molecule has 0 aromatic heterocycles. The summed E-state index contributed by atoms with van der Waals surface area (Å²) in [7, 11) is 0. The van der Waals surface area contributed by atoms with E-state index in [9.17, 15) is 18.4 Å². The maximum Gasteiger partial charge on any atom is 0.266 e. The molecule has 3 nitrogen and oxygen atoms in total. The van der Waals surface area contributed by atoms with Crippen LogP contribution >= 0.6 is 27.5 Å². The van der Waals surface area contributed by atoms with Crippen LogP contribution in [-0.2, 0) is 0 Å². The summed E-state index contributed by atoms with van der Waals surface area (Å²) in [5.74, 6) is -3.77. The summed E-state index contributed by atoms with van der Waals surface area (Å²) in [4.78, 5) is 25.4. The second-order valence-electron chi connectivity index (χ2n) is 4.35. The Morgan fingerprint density at radius 1 is 0.952 bits per heavy atom. The van der Waals surface area contributed by atoms with Crippen LogP contribution in [0.1, 0.15) is 20.7 Å². The molecule has 7 heteroatoms. The summed E-state index contributed by atoms with van der Waals surface area (Å²) in [6.07, 6.45) is 0. The number of halogens is 4. The summed E-state index contributed by atoms with van der Waals surface area (Å²) >= 11 is 9.02. The zero-order valence-electron chi connectivity index (χ0n) is 10.2. The van der Waals surface area contributed by atoms with Crippen molar-refractivity contribution >= 4 is 45.0 Å². The fourth-order valence-corrected chi connectivity index (χ4v) is 2.98. The van der Waals surface area contributed by atoms with Crippen molar-refractivity contribution < 1.29 is 18.4 Å². The number of amides is 2. The van der Waals surface area contributed by atoms with Crippen molar-refractivity contribution in [3.8, 4) is 0 Å². The molecule has 2 aromatic carbocycles. The molecule has 21 heavy (non-hydrogen) atoms. The van der Waals surface area contributed by atoms with Gasteiger partial charge in [-0.3, -0.25) is 9.59 Å². The molecule has 1 aliphatic heterocycles. The molecule has 1 aliphatic rings. The van der Waals surface area contributed by atoms with Crippen molar-refractivity contribution in [1.29, 1.82) is 0 Å². The number of benzene rings is 2. The highest BCUT2D eigenvalue weighted by atomic mass is 79.9.